The number of fused-ring (bicyclic) bond motifs is 1. The number of aryl methyl sites for hydroxylation is 1. The van der Waals surface area contributed by atoms with E-state index >= 15 is 0 Å². The number of hydrogen-bond acceptors (Lipinski definition) is 5. The lowest BCUT2D eigenvalue weighted by Crippen LogP contribution is -2.10. The molecule has 1 aromatic heterocycles. The van der Waals surface area contributed by atoms with Crippen molar-refractivity contribution in [1.29, 1.82) is 0 Å². The fourth-order valence-electron chi connectivity index (χ4n) is 3.33. The van der Waals surface area contributed by atoms with Crippen molar-refractivity contribution in [3.05, 3.63) is 74.9 Å². The zero-order chi connectivity index (χ0) is 21.1. The third kappa shape index (κ3) is 4.65. The van der Waals surface area contributed by atoms with E-state index in [1.54, 1.807) is 6.07 Å². The highest BCUT2D eigenvalue weighted by molar-refractivity contribution is 5.82. The van der Waals surface area contributed by atoms with Gasteiger partial charge in [-0.15, -0.1) is 0 Å². The van der Waals surface area contributed by atoms with Crippen LogP contribution in [0.1, 0.15) is 42.0 Å². The molecule has 0 fully saturated rings. The molecule has 5 nitrogen and oxygen atoms in total. The Morgan fingerprint density at radius 2 is 1.93 bits per heavy atom. The van der Waals surface area contributed by atoms with Crippen molar-refractivity contribution in [3.8, 4) is 5.75 Å². The van der Waals surface area contributed by atoms with E-state index in [2.05, 4.69) is 13.8 Å². The molecule has 0 atom stereocenters. The van der Waals surface area contributed by atoms with Crippen LogP contribution in [-0.2, 0) is 22.6 Å². The molecule has 0 saturated heterocycles. The molecule has 0 aliphatic carbocycles. The molecule has 3 aromatic rings. The number of ether oxygens (including phenoxy) is 2. The first kappa shape index (κ1) is 20.6. The van der Waals surface area contributed by atoms with E-state index in [9.17, 15) is 14.0 Å². The molecule has 0 unspecified atom stereocenters. The van der Waals surface area contributed by atoms with Crippen LogP contribution in [0.3, 0.4) is 0 Å². The average molecular weight is 398 g/mol. The van der Waals surface area contributed by atoms with Crippen LogP contribution in [0.25, 0.3) is 11.0 Å². The standard InChI is InChI=1S/C23H23FO5/c1-13(2)17-11-18-16(10-23(26)29-21(18)7-14(17)3)12-28-22(25)9-15-5-6-20(27-4)19(24)8-15/h5-8,10-11,13H,9,12H2,1-4H3. The van der Waals surface area contributed by atoms with Crippen LogP contribution in [-0.4, -0.2) is 13.1 Å². The topological polar surface area (TPSA) is 65.7 Å². The lowest BCUT2D eigenvalue weighted by molar-refractivity contribution is -0.144. The van der Waals surface area contributed by atoms with Crippen molar-refractivity contribution >= 4 is 16.9 Å². The second-order valence-electron chi connectivity index (χ2n) is 7.26. The summed E-state index contributed by atoms with van der Waals surface area (Å²) >= 11 is 0. The Labute approximate surface area is 168 Å². The van der Waals surface area contributed by atoms with Gasteiger partial charge in [0.1, 0.15) is 12.2 Å². The van der Waals surface area contributed by atoms with Gasteiger partial charge in [-0.2, -0.15) is 0 Å². The lowest BCUT2D eigenvalue weighted by Gasteiger charge is -2.13. The highest BCUT2D eigenvalue weighted by atomic mass is 19.1. The zero-order valence-corrected chi connectivity index (χ0v) is 16.9. The van der Waals surface area contributed by atoms with Crippen LogP contribution in [0.4, 0.5) is 4.39 Å². The number of halogens is 1. The molecular weight excluding hydrogens is 375 g/mol. The van der Waals surface area contributed by atoms with Gasteiger partial charge in [0.05, 0.1) is 13.5 Å². The predicted molar refractivity (Wildman–Crippen MR) is 108 cm³/mol. The summed E-state index contributed by atoms with van der Waals surface area (Å²) < 4.78 is 29.3. The van der Waals surface area contributed by atoms with Crippen LogP contribution in [0, 0.1) is 12.7 Å². The molecule has 0 aliphatic rings. The average Bonchev–Trinajstić information content (AvgIpc) is 2.65. The monoisotopic (exact) mass is 398 g/mol. The van der Waals surface area contributed by atoms with Gasteiger partial charge in [-0.25, -0.2) is 9.18 Å². The highest BCUT2D eigenvalue weighted by Gasteiger charge is 2.14. The van der Waals surface area contributed by atoms with Gasteiger partial charge in [0.25, 0.3) is 0 Å². The summed E-state index contributed by atoms with van der Waals surface area (Å²) in [6.07, 6.45) is -0.0867. The van der Waals surface area contributed by atoms with Crippen molar-refractivity contribution < 1.29 is 23.1 Å². The third-order valence-electron chi connectivity index (χ3n) is 4.79. The van der Waals surface area contributed by atoms with E-state index in [1.165, 1.54) is 25.3 Å². The van der Waals surface area contributed by atoms with Gasteiger partial charge in [-0.1, -0.05) is 19.9 Å². The molecule has 6 heteroatoms. The third-order valence-corrected chi connectivity index (χ3v) is 4.79. The maximum Gasteiger partial charge on any atom is 0.336 e. The summed E-state index contributed by atoms with van der Waals surface area (Å²) in [4.78, 5) is 24.1. The molecule has 0 radical (unpaired) electrons. The normalized spacial score (nSPS) is 11.1. The van der Waals surface area contributed by atoms with E-state index < -0.39 is 17.4 Å². The minimum atomic E-state index is -0.541. The molecule has 152 valence electrons. The van der Waals surface area contributed by atoms with Gasteiger partial charge in [0.15, 0.2) is 11.6 Å². The lowest BCUT2D eigenvalue weighted by atomic mass is 9.95. The van der Waals surface area contributed by atoms with Gasteiger partial charge in [-0.3, -0.25) is 4.79 Å². The molecule has 3 rings (SSSR count). The van der Waals surface area contributed by atoms with Crippen LogP contribution >= 0.6 is 0 Å². The van der Waals surface area contributed by atoms with Crippen molar-refractivity contribution in [1.82, 2.24) is 0 Å². The largest absolute Gasteiger partial charge is 0.494 e. The maximum atomic E-state index is 13.8. The summed E-state index contributed by atoms with van der Waals surface area (Å²) in [5.74, 6) is -0.652. The summed E-state index contributed by atoms with van der Waals surface area (Å²) in [6.45, 7) is 6.07. The molecule has 0 saturated carbocycles. The van der Waals surface area contributed by atoms with Crippen LogP contribution in [0.5, 0.6) is 5.75 Å². The minimum absolute atomic E-state index is 0.0693. The second-order valence-corrected chi connectivity index (χ2v) is 7.26. The molecule has 0 amide bonds. The Kier molecular flexibility index (Phi) is 6.01. The summed E-state index contributed by atoms with van der Waals surface area (Å²) in [6, 6.07) is 9.45. The van der Waals surface area contributed by atoms with E-state index in [0.717, 1.165) is 16.5 Å². The van der Waals surface area contributed by atoms with Crippen molar-refractivity contribution in [2.45, 2.75) is 39.7 Å². The Bertz CT molecular complexity index is 1110. The first-order valence-corrected chi connectivity index (χ1v) is 9.33. The fourth-order valence-corrected chi connectivity index (χ4v) is 3.33. The van der Waals surface area contributed by atoms with E-state index in [1.807, 2.05) is 19.1 Å². The van der Waals surface area contributed by atoms with E-state index in [-0.39, 0.29) is 18.8 Å². The SMILES string of the molecule is COc1ccc(CC(=O)OCc2cc(=O)oc3cc(C)c(C(C)C)cc23)cc1F. The van der Waals surface area contributed by atoms with Gasteiger partial charge in [0, 0.05) is 17.0 Å². The Balaban J connectivity index is 1.80. The maximum absolute atomic E-state index is 13.8. The number of benzene rings is 2. The predicted octanol–water partition coefficient (Wildman–Crippen LogP) is 4.66. The Morgan fingerprint density at radius 3 is 2.59 bits per heavy atom. The number of methoxy groups -OCH3 is 1. The molecule has 0 N–H and O–H groups in total. The smallest absolute Gasteiger partial charge is 0.336 e. The fraction of sp³-hybridized carbons (Fsp3) is 0.304. The van der Waals surface area contributed by atoms with E-state index in [4.69, 9.17) is 13.9 Å². The zero-order valence-electron chi connectivity index (χ0n) is 16.9. The number of carbonyl (C=O) groups excluding carboxylic acids is 1. The summed E-state index contributed by atoms with van der Waals surface area (Å²) in [7, 11) is 1.37. The number of rotatable bonds is 6. The molecule has 0 aliphatic heterocycles. The molecule has 0 spiro atoms. The van der Waals surface area contributed by atoms with Gasteiger partial charge in [-0.05, 0) is 53.8 Å². The van der Waals surface area contributed by atoms with Crippen molar-refractivity contribution in [3.63, 3.8) is 0 Å². The van der Waals surface area contributed by atoms with Crippen LogP contribution in [0.2, 0.25) is 0 Å². The quantitative estimate of drug-likeness (QED) is 0.446. The number of carbonyl (C=O) groups is 1. The number of hydrogen-bond donors (Lipinski definition) is 0. The first-order valence-electron chi connectivity index (χ1n) is 9.33. The second kappa shape index (κ2) is 8.47. The summed E-state index contributed by atoms with van der Waals surface area (Å²) in [5.41, 5.74) is 3.18. The Hall–Kier alpha value is -3.15. The van der Waals surface area contributed by atoms with Crippen LogP contribution in [0.15, 0.2) is 45.6 Å². The molecular formula is C23H23FO5. The minimum Gasteiger partial charge on any atom is -0.494 e. The van der Waals surface area contributed by atoms with E-state index in [0.29, 0.717) is 22.6 Å². The Morgan fingerprint density at radius 1 is 1.17 bits per heavy atom. The van der Waals surface area contributed by atoms with Crippen molar-refractivity contribution in [2.75, 3.05) is 7.11 Å². The van der Waals surface area contributed by atoms with Crippen molar-refractivity contribution in [2.24, 2.45) is 0 Å². The van der Waals surface area contributed by atoms with Gasteiger partial charge >= 0.3 is 11.6 Å². The summed E-state index contributed by atoms with van der Waals surface area (Å²) in [5, 5.41) is 0.738. The molecule has 1 heterocycles. The van der Waals surface area contributed by atoms with Gasteiger partial charge < -0.3 is 13.9 Å². The number of esters is 1. The first-order chi connectivity index (χ1) is 13.8. The highest BCUT2D eigenvalue weighted by Crippen LogP contribution is 2.27. The molecule has 0 bridgehead atoms. The molecule has 29 heavy (non-hydrogen) atoms. The van der Waals surface area contributed by atoms with Gasteiger partial charge in [0.2, 0.25) is 0 Å². The molecule has 2 aromatic carbocycles. The van der Waals surface area contributed by atoms with Crippen LogP contribution < -0.4 is 10.4 Å².